The number of amides is 1. The number of hydrogen-bond donors (Lipinski definition) is 2. The second-order valence-electron chi connectivity index (χ2n) is 4.18. The van der Waals surface area contributed by atoms with E-state index < -0.39 is 0 Å². The molecular weight excluding hydrogens is 180 g/mol. The van der Waals surface area contributed by atoms with Crippen molar-refractivity contribution in [2.75, 3.05) is 13.2 Å². The minimum absolute atomic E-state index is 0.0445. The van der Waals surface area contributed by atoms with E-state index in [4.69, 9.17) is 10.5 Å². The predicted molar refractivity (Wildman–Crippen MR) is 54.9 cm³/mol. The largest absolute Gasteiger partial charge is 0.381 e. The zero-order valence-electron chi connectivity index (χ0n) is 9.01. The van der Waals surface area contributed by atoms with E-state index in [9.17, 15) is 4.79 Å². The van der Waals surface area contributed by atoms with Crippen LogP contribution in [-0.4, -0.2) is 30.7 Å². The van der Waals surface area contributed by atoms with Crippen molar-refractivity contribution in [3.8, 4) is 0 Å². The minimum Gasteiger partial charge on any atom is -0.381 e. The van der Waals surface area contributed by atoms with E-state index in [1.165, 1.54) is 0 Å². The average molecular weight is 200 g/mol. The molecule has 82 valence electrons. The topological polar surface area (TPSA) is 64.4 Å². The van der Waals surface area contributed by atoms with Crippen LogP contribution in [0.25, 0.3) is 0 Å². The summed E-state index contributed by atoms with van der Waals surface area (Å²) in [6.45, 7) is 5.41. The number of carbonyl (C=O) groups is 1. The van der Waals surface area contributed by atoms with Crippen LogP contribution in [0.3, 0.4) is 0 Å². The summed E-state index contributed by atoms with van der Waals surface area (Å²) in [6.07, 6.45) is 2.42. The van der Waals surface area contributed by atoms with Crippen LogP contribution in [0, 0.1) is 0 Å². The molecule has 1 unspecified atom stereocenters. The molecule has 1 aliphatic rings. The number of carbonyl (C=O) groups excluding carboxylic acids is 1. The van der Waals surface area contributed by atoms with Crippen molar-refractivity contribution in [1.82, 2.24) is 5.32 Å². The van der Waals surface area contributed by atoms with E-state index >= 15 is 0 Å². The molecule has 0 bridgehead atoms. The Kier molecular flexibility index (Phi) is 3.89. The quantitative estimate of drug-likeness (QED) is 0.693. The fourth-order valence-corrected chi connectivity index (χ4v) is 1.52. The Balaban J connectivity index is 2.44. The van der Waals surface area contributed by atoms with Gasteiger partial charge in [0.1, 0.15) is 0 Å². The van der Waals surface area contributed by atoms with E-state index in [0.29, 0.717) is 6.42 Å². The van der Waals surface area contributed by atoms with Crippen LogP contribution in [0.4, 0.5) is 0 Å². The second kappa shape index (κ2) is 4.75. The summed E-state index contributed by atoms with van der Waals surface area (Å²) in [5.41, 5.74) is 5.53. The number of hydrogen-bond acceptors (Lipinski definition) is 3. The summed E-state index contributed by atoms with van der Waals surface area (Å²) >= 11 is 0. The van der Waals surface area contributed by atoms with Gasteiger partial charge in [-0.25, -0.2) is 0 Å². The van der Waals surface area contributed by atoms with Crippen molar-refractivity contribution in [3.05, 3.63) is 0 Å². The summed E-state index contributed by atoms with van der Waals surface area (Å²) in [5, 5.41) is 3.00. The fourth-order valence-electron chi connectivity index (χ4n) is 1.52. The molecule has 3 N–H and O–H groups in total. The molecule has 4 nitrogen and oxygen atoms in total. The summed E-state index contributed by atoms with van der Waals surface area (Å²) in [6, 6.07) is -0.380. The lowest BCUT2D eigenvalue weighted by Crippen LogP contribution is -2.54. The van der Waals surface area contributed by atoms with Crippen LogP contribution in [-0.2, 0) is 9.53 Å². The molecule has 1 rings (SSSR count). The maximum Gasteiger partial charge on any atom is 0.237 e. The molecule has 1 atom stereocenters. The Morgan fingerprint density at radius 3 is 2.64 bits per heavy atom. The van der Waals surface area contributed by atoms with Gasteiger partial charge >= 0.3 is 0 Å². The smallest absolute Gasteiger partial charge is 0.237 e. The first-order valence-electron chi connectivity index (χ1n) is 5.23. The summed E-state index contributed by atoms with van der Waals surface area (Å²) in [7, 11) is 0. The Labute approximate surface area is 85.2 Å². The van der Waals surface area contributed by atoms with Crippen molar-refractivity contribution in [2.24, 2.45) is 5.73 Å². The van der Waals surface area contributed by atoms with Gasteiger partial charge in [0.15, 0.2) is 0 Å². The second-order valence-corrected chi connectivity index (χ2v) is 4.18. The van der Waals surface area contributed by atoms with Crippen LogP contribution in [0.15, 0.2) is 0 Å². The molecule has 0 saturated carbocycles. The van der Waals surface area contributed by atoms with Crippen LogP contribution in [0.1, 0.15) is 33.1 Å². The molecule has 0 radical (unpaired) electrons. The van der Waals surface area contributed by atoms with Gasteiger partial charge in [0.2, 0.25) is 5.91 Å². The predicted octanol–water partition coefficient (Wildman–Crippen LogP) is 0.409. The third-order valence-electron chi connectivity index (χ3n) is 2.80. The van der Waals surface area contributed by atoms with Gasteiger partial charge in [-0.05, 0) is 26.2 Å². The average Bonchev–Trinajstić information content (AvgIpc) is 2.17. The van der Waals surface area contributed by atoms with E-state index in [1.54, 1.807) is 0 Å². The van der Waals surface area contributed by atoms with Gasteiger partial charge < -0.3 is 15.8 Å². The number of ether oxygens (including phenoxy) is 1. The van der Waals surface area contributed by atoms with Gasteiger partial charge in [0.05, 0.1) is 6.04 Å². The zero-order chi connectivity index (χ0) is 10.6. The number of nitrogens with two attached hydrogens (primary N) is 1. The lowest BCUT2D eigenvalue weighted by Gasteiger charge is -2.35. The van der Waals surface area contributed by atoms with Gasteiger partial charge in [0, 0.05) is 18.8 Å². The van der Waals surface area contributed by atoms with E-state index in [0.717, 1.165) is 26.1 Å². The van der Waals surface area contributed by atoms with Crippen LogP contribution >= 0.6 is 0 Å². The lowest BCUT2D eigenvalue weighted by molar-refractivity contribution is -0.125. The normalized spacial score (nSPS) is 22.8. The number of rotatable bonds is 3. The Morgan fingerprint density at radius 1 is 1.57 bits per heavy atom. The molecule has 0 aliphatic carbocycles. The molecule has 14 heavy (non-hydrogen) atoms. The van der Waals surface area contributed by atoms with Crippen LogP contribution in [0.2, 0.25) is 0 Å². The molecule has 1 fully saturated rings. The first-order valence-corrected chi connectivity index (χ1v) is 5.23. The molecule has 1 saturated heterocycles. The summed E-state index contributed by atoms with van der Waals surface area (Å²) in [5.74, 6) is -0.0445. The van der Waals surface area contributed by atoms with Crippen molar-refractivity contribution in [3.63, 3.8) is 0 Å². The first-order chi connectivity index (χ1) is 6.57. The highest BCUT2D eigenvalue weighted by Gasteiger charge is 2.30. The SMILES string of the molecule is CCC(N)C(=O)NC1(C)CCOCC1. The lowest BCUT2D eigenvalue weighted by atomic mass is 9.92. The van der Waals surface area contributed by atoms with Crippen molar-refractivity contribution < 1.29 is 9.53 Å². The highest BCUT2D eigenvalue weighted by atomic mass is 16.5. The molecule has 4 heteroatoms. The molecule has 0 spiro atoms. The summed E-state index contributed by atoms with van der Waals surface area (Å²) < 4.78 is 5.25. The van der Waals surface area contributed by atoms with Gasteiger partial charge in [0.25, 0.3) is 0 Å². The Hall–Kier alpha value is -0.610. The van der Waals surface area contributed by atoms with Crippen molar-refractivity contribution in [2.45, 2.75) is 44.7 Å². The molecule has 0 aromatic rings. The standard InChI is InChI=1S/C10H20N2O2/c1-3-8(11)9(13)12-10(2)4-6-14-7-5-10/h8H,3-7,11H2,1-2H3,(H,12,13). The molecule has 0 aromatic carbocycles. The maximum atomic E-state index is 11.6. The Morgan fingerprint density at radius 2 is 2.14 bits per heavy atom. The van der Waals surface area contributed by atoms with Crippen molar-refractivity contribution >= 4 is 5.91 Å². The zero-order valence-corrected chi connectivity index (χ0v) is 9.01. The van der Waals surface area contributed by atoms with Crippen LogP contribution in [0.5, 0.6) is 0 Å². The third kappa shape index (κ3) is 2.96. The van der Waals surface area contributed by atoms with E-state index in [2.05, 4.69) is 12.2 Å². The monoisotopic (exact) mass is 200 g/mol. The highest BCUT2D eigenvalue weighted by molar-refractivity contribution is 5.82. The molecule has 1 aliphatic heterocycles. The first kappa shape index (κ1) is 11.5. The number of nitrogens with one attached hydrogen (secondary N) is 1. The highest BCUT2D eigenvalue weighted by Crippen LogP contribution is 2.19. The van der Waals surface area contributed by atoms with Gasteiger partial charge in [-0.15, -0.1) is 0 Å². The van der Waals surface area contributed by atoms with Gasteiger partial charge in [-0.1, -0.05) is 6.92 Å². The van der Waals surface area contributed by atoms with Crippen LogP contribution < -0.4 is 11.1 Å². The minimum atomic E-state index is -0.380. The Bertz CT molecular complexity index is 200. The molecule has 0 aromatic heterocycles. The fraction of sp³-hybridized carbons (Fsp3) is 0.900. The molecular formula is C10H20N2O2. The van der Waals surface area contributed by atoms with E-state index in [1.807, 2.05) is 6.92 Å². The maximum absolute atomic E-state index is 11.6. The summed E-state index contributed by atoms with van der Waals surface area (Å²) in [4.78, 5) is 11.6. The van der Waals surface area contributed by atoms with Gasteiger partial charge in [-0.2, -0.15) is 0 Å². The molecule has 1 heterocycles. The van der Waals surface area contributed by atoms with E-state index in [-0.39, 0.29) is 17.5 Å². The third-order valence-corrected chi connectivity index (χ3v) is 2.80. The van der Waals surface area contributed by atoms with Gasteiger partial charge in [-0.3, -0.25) is 4.79 Å². The van der Waals surface area contributed by atoms with Crippen molar-refractivity contribution in [1.29, 1.82) is 0 Å². The molecule has 1 amide bonds.